The van der Waals surface area contributed by atoms with Gasteiger partial charge in [0.05, 0.1) is 17.6 Å². The summed E-state index contributed by atoms with van der Waals surface area (Å²) >= 11 is 4.84. The predicted molar refractivity (Wildman–Crippen MR) is 161 cm³/mol. The number of nitrogens with one attached hydrogen (secondary N) is 1. The number of carbonyl (C=O) groups excluding carboxylic acids is 1. The third kappa shape index (κ3) is 6.21. The van der Waals surface area contributed by atoms with Crippen molar-refractivity contribution in [3.05, 3.63) is 64.3 Å². The molecule has 3 atom stereocenters. The van der Waals surface area contributed by atoms with E-state index in [9.17, 15) is 19.1 Å². The number of ether oxygens (including phenoxy) is 1. The van der Waals surface area contributed by atoms with E-state index < -0.39 is 23.4 Å². The van der Waals surface area contributed by atoms with Crippen LogP contribution in [0, 0.1) is 25.1 Å². The average molecular weight is 615 g/mol. The Kier molecular flexibility index (Phi) is 8.98. The molecule has 3 aliphatic rings. The van der Waals surface area contributed by atoms with E-state index in [2.05, 4.69) is 25.0 Å². The summed E-state index contributed by atoms with van der Waals surface area (Å²) in [4.78, 5) is 41.2. The highest BCUT2D eigenvalue weighted by Crippen LogP contribution is 2.36. The van der Waals surface area contributed by atoms with Crippen LogP contribution in [-0.2, 0) is 14.3 Å². The number of carboxylic acids is 1. The van der Waals surface area contributed by atoms with Gasteiger partial charge in [0.2, 0.25) is 0 Å². The fraction of sp³-hybridized carbons (Fsp3) is 0.533. The Morgan fingerprint density at radius 2 is 2.02 bits per heavy atom. The number of benzene rings is 1. The van der Waals surface area contributed by atoms with Crippen molar-refractivity contribution in [2.45, 2.75) is 52.2 Å². The second-order valence-corrected chi connectivity index (χ2v) is 12.4. The lowest BCUT2D eigenvalue weighted by Crippen LogP contribution is -2.54. The molecule has 5 rings (SSSR count). The van der Waals surface area contributed by atoms with Crippen molar-refractivity contribution in [3.8, 4) is 0 Å². The summed E-state index contributed by atoms with van der Waals surface area (Å²) in [6.07, 6.45) is 1.34. The van der Waals surface area contributed by atoms with Crippen molar-refractivity contribution >= 4 is 30.4 Å². The maximum Gasteiger partial charge on any atom is 0.338 e. The maximum atomic E-state index is 14.8. The van der Waals surface area contributed by atoms with Gasteiger partial charge in [0, 0.05) is 51.0 Å². The number of aromatic nitrogens is 1. The topological polar surface area (TPSA) is 124 Å². The zero-order chi connectivity index (χ0) is 31.1. The molecule has 0 saturated carbocycles. The van der Waals surface area contributed by atoms with E-state index in [0.717, 1.165) is 6.54 Å². The van der Waals surface area contributed by atoms with Gasteiger partial charge in [-0.15, -0.1) is 12.6 Å². The molecule has 1 aromatic heterocycles. The fourth-order valence-electron chi connectivity index (χ4n) is 6.03. The number of rotatable bonds is 9. The number of oxazole rings is 1. The lowest BCUT2D eigenvalue weighted by atomic mass is 9.91. The van der Waals surface area contributed by atoms with Crippen molar-refractivity contribution < 1.29 is 28.2 Å². The largest absolute Gasteiger partial charge is 0.481 e. The number of thiol groups is 1. The zero-order valence-electron chi connectivity index (χ0n) is 25.1. The summed E-state index contributed by atoms with van der Waals surface area (Å²) < 4.78 is 25.7. The average Bonchev–Trinajstić information content (AvgIpc) is 3.51. The van der Waals surface area contributed by atoms with Gasteiger partial charge in [-0.25, -0.2) is 14.2 Å². The molecule has 13 heteroatoms. The first-order chi connectivity index (χ1) is 20.4. The molecule has 3 aliphatic heterocycles. The normalized spacial score (nSPS) is 23.6. The second kappa shape index (κ2) is 12.4. The van der Waals surface area contributed by atoms with Crippen LogP contribution in [0.15, 0.2) is 45.3 Å². The number of aliphatic carboxylic acids is 1. The van der Waals surface area contributed by atoms with E-state index in [-0.39, 0.29) is 24.0 Å². The van der Waals surface area contributed by atoms with Crippen LogP contribution in [0.2, 0.25) is 0 Å². The van der Waals surface area contributed by atoms with Crippen LogP contribution in [0.3, 0.4) is 0 Å². The highest BCUT2D eigenvalue weighted by atomic mass is 32.1. The Morgan fingerprint density at radius 1 is 1.26 bits per heavy atom. The second-order valence-electron chi connectivity index (χ2n) is 11.9. The van der Waals surface area contributed by atoms with Crippen LogP contribution >= 0.6 is 12.6 Å². The summed E-state index contributed by atoms with van der Waals surface area (Å²) in [6, 6.07) is 4.09. The van der Waals surface area contributed by atoms with Gasteiger partial charge in [-0.2, -0.15) is 0 Å². The molecule has 2 saturated heterocycles. The van der Waals surface area contributed by atoms with Gasteiger partial charge in [-0.1, -0.05) is 12.1 Å². The molecular formula is C30H39FN6O5S. The highest BCUT2D eigenvalue weighted by molar-refractivity contribution is 7.80. The van der Waals surface area contributed by atoms with E-state index in [1.165, 1.54) is 12.5 Å². The summed E-state index contributed by atoms with van der Waals surface area (Å²) in [6.45, 7) is 12.4. The Balaban J connectivity index is 1.47. The lowest BCUT2D eigenvalue weighted by molar-refractivity contribution is -0.148. The van der Waals surface area contributed by atoms with Gasteiger partial charge < -0.3 is 19.6 Å². The Labute approximate surface area is 256 Å². The molecule has 0 amide bonds. The van der Waals surface area contributed by atoms with E-state index >= 15 is 0 Å². The van der Waals surface area contributed by atoms with Crippen molar-refractivity contribution in [2.24, 2.45) is 10.4 Å². The van der Waals surface area contributed by atoms with Crippen LogP contribution < -0.4 is 5.32 Å². The Bertz CT molecular complexity index is 1460. The number of carboxylic acid groups (broad SMARTS) is 1. The summed E-state index contributed by atoms with van der Waals surface area (Å²) in [7, 11) is 0. The molecule has 0 bridgehead atoms. The van der Waals surface area contributed by atoms with Crippen LogP contribution in [0.4, 0.5) is 4.39 Å². The first kappa shape index (κ1) is 31.2. The molecule has 2 N–H and O–H groups in total. The minimum atomic E-state index is -0.903. The molecule has 3 unspecified atom stereocenters. The number of piperazine rings is 1. The number of nitrogens with zero attached hydrogens (tertiary/aromatic N) is 5. The fourth-order valence-corrected chi connectivity index (χ4v) is 6.51. The number of aryl methyl sites for hydroxylation is 1. The van der Waals surface area contributed by atoms with Gasteiger partial charge in [0.1, 0.15) is 28.8 Å². The van der Waals surface area contributed by atoms with Gasteiger partial charge >= 0.3 is 11.9 Å². The van der Waals surface area contributed by atoms with Crippen molar-refractivity contribution in [1.82, 2.24) is 25.0 Å². The Hall–Kier alpha value is -3.26. The SMILES string of the molecule is CCOC(=O)C1=C(CN2CCN3C(C2)CN(CC(C)(C)C(=O)O)C3S)NC(c2ncoc2C)=NC1c1cccc(F)c1C. The van der Waals surface area contributed by atoms with Gasteiger partial charge in [0.15, 0.2) is 12.2 Å². The first-order valence-electron chi connectivity index (χ1n) is 14.4. The van der Waals surface area contributed by atoms with Gasteiger partial charge in [-0.3, -0.25) is 24.5 Å². The highest BCUT2D eigenvalue weighted by Gasteiger charge is 2.44. The number of fused-ring (bicyclic) bond motifs is 1. The quantitative estimate of drug-likeness (QED) is 0.287. The van der Waals surface area contributed by atoms with E-state index in [4.69, 9.17) is 26.8 Å². The minimum Gasteiger partial charge on any atom is -0.481 e. The molecule has 43 heavy (non-hydrogen) atoms. The molecule has 0 spiro atoms. The van der Waals surface area contributed by atoms with Crippen molar-refractivity contribution in [1.29, 1.82) is 0 Å². The molecule has 2 aromatic rings. The zero-order valence-corrected chi connectivity index (χ0v) is 26.0. The summed E-state index contributed by atoms with van der Waals surface area (Å²) in [5, 5.41) is 13.0. The number of halogens is 1. The smallest absolute Gasteiger partial charge is 0.338 e. The van der Waals surface area contributed by atoms with E-state index in [1.54, 1.807) is 46.8 Å². The molecule has 1 aromatic carbocycles. The summed E-state index contributed by atoms with van der Waals surface area (Å²) in [5.74, 6) is -0.757. The molecule has 11 nitrogen and oxygen atoms in total. The monoisotopic (exact) mass is 614 g/mol. The van der Waals surface area contributed by atoms with Crippen molar-refractivity contribution in [2.75, 3.05) is 45.9 Å². The van der Waals surface area contributed by atoms with Crippen LogP contribution in [0.1, 0.15) is 49.4 Å². The van der Waals surface area contributed by atoms with E-state index in [1.807, 2.05) is 0 Å². The standard InChI is InChI=1S/C30H39FN6O5S/c1-6-41-27(38)23-22(14-35-10-11-37-19(12-35)13-36(29(37)43)15-30(4,5)28(39)40)33-26(24-18(3)42-16-32-24)34-25(23)20-8-7-9-21(31)17(20)2/h7-9,16,19,25,29,43H,6,10-15H2,1-5H3,(H,33,34)(H,39,40). The molecule has 0 radical (unpaired) electrons. The maximum absolute atomic E-state index is 14.8. The molecule has 232 valence electrons. The number of hydrogen-bond donors (Lipinski definition) is 3. The predicted octanol–water partition coefficient (Wildman–Crippen LogP) is 2.96. The molecule has 0 aliphatic carbocycles. The van der Waals surface area contributed by atoms with Crippen LogP contribution in [0.25, 0.3) is 0 Å². The van der Waals surface area contributed by atoms with Crippen LogP contribution in [0.5, 0.6) is 0 Å². The van der Waals surface area contributed by atoms with Gasteiger partial charge in [-0.05, 0) is 51.8 Å². The first-order valence-corrected chi connectivity index (χ1v) is 15.0. The summed E-state index contributed by atoms with van der Waals surface area (Å²) in [5.41, 5.74) is 1.33. The number of hydrogen-bond acceptors (Lipinski definition) is 11. The molecule has 2 fully saturated rings. The van der Waals surface area contributed by atoms with Gasteiger partial charge in [0.25, 0.3) is 0 Å². The number of carbonyl (C=O) groups is 2. The number of esters is 1. The third-order valence-corrected chi connectivity index (χ3v) is 9.06. The Morgan fingerprint density at radius 3 is 2.70 bits per heavy atom. The lowest BCUT2D eigenvalue weighted by Gasteiger charge is -2.39. The number of amidine groups is 1. The number of aliphatic imine (C=N–C) groups is 1. The third-order valence-electron chi connectivity index (χ3n) is 8.43. The molecule has 4 heterocycles. The molecular weight excluding hydrogens is 575 g/mol. The van der Waals surface area contributed by atoms with Crippen LogP contribution in [-0.4, -0.2) is 100.0 Å². The van der Waals surface area contributed by atoms with Crippen molar-refractivity contribution in [3.63, 3.8) is 0 Å². The van der Waals surface area contributed by atoms with E-state index in [0.29, 0.717) is 72.4 Å². The minimum absolute atomic E-state index is 0.128.